The van der Waals surface area contributed by atoms with Crippen molar-refractivity contribution >= 4 is 39.3 Å². The van der Waals surface area contributed by atoms with Gasteiger partial charge in [0.1, 0.15) is 5.75 Å². The molecule has 0 N–H and O–H groups in total. The predicted octanol–water partition coefficient (Wildman–Crippen LogP) is 4.75. The van der Waals surface area contributed by atoms with E-state index in [4.69, 9.17) is 4.74 Å². The molecule has 0 saturated carbocycles. The molecule has 23 heavy (non-hydrogen) atoms. The Kier molecular flexibility index (Phi) is 5.28. The van der Waals surface area contributed by atoms with Crippen molar-refractivity contribution in [2.24, 2.45) is 0 Å². The maximum Gasteiger partial charge on any atom is 0.264 e. The lowest BCUT2D eigenvalue weighted by Crippen LogP contribution is -2.36. The van der Waals surface area contributed by atoms with Crippen LogP contribution in [-0.4, -0.2) is 24.3 Å². The van der Waals surface area contributed by atoms with Gasteiger partial charge < -0.3 is 9.64 Å². The molecule has 0 saturated heterocycles. The predicted molar refractivity (Wildman–Crippen MR) is 98.4 cm³/mol. The van der Waals surface area contributed by atoms with E-state index in [-0.39, 0.29) is 12.5 Å². The zero-order valence-corrected chi connectivity index (χ0v) is 15.3. The second-order valence-corrected chi connectivity index (χ2v) is 7.78. The fraction of sp³-hybridized carbons (Fsp3) is 0.278. The largest absolute Gasteiger partial charge is 0.483 e. The zero-order chi connectivity index (χ0) is 16.2. The average molecular weight is 392 g/mol. The normalized spacial score (nSPS) is 17.3. The molecule has 0 spiro atoms. The molecule has 2 aromatic rings. The minimum Gasteiger partial charge on any atom is -0.483 e. The summed E-state index contributed by atoms with van der Waals surface area (Å²) in [6, 6.07) is 15.7. The molecule has 2 aromatic carbocycles. The number of halogens is 1. The summed E-state index contributed by atoms with van der Waals surface area (Å²) in [5.41, 5.74) is 0.988. The summed E-state index contributed by atoms with van der Waals surface area (Å²) in [6.45, 7) is 2.96. The molecule has 0 radical (unpaired) electrons. The molecule has 120 valence electrons. The highest BCUT2D eigenvalue weighted by Gasteiger charge is 2.24. The smallest absolute Gasteiger partial charge is 0.264 e. The number of thioether (sulfide) groups is 1. The van der Waals surface area contributed by atoms with E-state index in [1.165, 1.54) is 0 Å². The summed E-state index contributed by atoms with van der Waals surface area (Å²) < 4.78 is 6.54. The second-order valence-electron chi connectivity index (χ2n) is 5.45. The summed E-state index contributed by atoms with van der Waals surface area (Å²) in [5.74, 6) is 0.676. The first-order valence-electron chi connectivity index (χ1n) is 7.58. The summed E-state index contributed by atoms with van der Waals surface area (Å²) in [6.07, 6.45) is 0.972. The van der Waals surface area contributed by atoms with Crippen LogP contribution in [0.25, 0.3) is 0 Å². The van der Waals surface area contributed by atoms with Crippen molar-refractivity contribution in [3.8, 4) is 5.75 Å². The Labute approximate surface area is 149 Å². The van der Waals surface area contributed by atoms with Crippen molar-refractivity contribution in [1.29, 1.82) is 0 Å². The molecule has 0 fully saturated rings. The molecule has 1 atom stereocenters. The molecule has 1 unspecified atom stereocenters. The van der Waals surface area contributed by atoms with E-state index >= 15 is 0 Å². The van der Waals surface area contributed by atoms with Gasteiger partial charge in [0.25, 0.3) is 5.91 Å². The quantitative estimate of drug-likeness (QED) is 0.755. The standard InChI is InChI=1S/C18H18BrNO2S/c1-13-10-11-20(15-7-3-5-9-17(15)23-13)18(21)12-22-16-8-4-2-6-14(16)19/h2-9,13H,10-12H2,1H3. The highest BCUT2D eigenvalue weighted by Crippen LogP contribution is 2.37. The number of amides is 1. The molecule has 3 rings (SSSR count). The number of fused-ring (bicyclic) bond motifs is 1. The van der Waals surface area contributed by atoms with Crippen LogP contribution in [0, 0.1) is 0 Å². The van der Waals surface area contributed by atoms with E-state index < -0.39 is 0 Å². The van der Waals surface area contributed by atoms with E-state index in [0.29, 0.717) is 11.0 Å². The minimum atomic E-state index is -0.0112. The molecule has 1 heterocycles. The zero-order valence-electron chi connectivity index (χ0n) is 12.9. The van der Waals surface area contributed by atoms with Gasteiger partial charge >= 0.3 is 0 Å². The Morgan fingerprint density at radius 2 is 2.00 bits per heavy atom. The van der Waals surface area contributed by atoms with E-state index in [2.05, 4.69) is 28.9 Å². The van der Waals surface area contributed by atoms with Crippen molar-refractivity contribution in [2.45, 2.75) is 23.5 Å². The highest BCUT2D eigenvalue weighted by molar-refractivity contribution is 9.10. The summed E-state index contributed by atoms with van der Waals surface area (Å²) in [7, 11) is 0. The monoisotopic (exact) mass is 391 g/mol. The van der Waals surface area contributed by atoms with Gasteiger partial charge in [-0.25, -0.2) is 0 Å². The van der Waals surface area contributed by atoms with Gasteiger partial charge in [0, 0.05) is 16.7 Å². The van der Waals surface area contributed by atoms with Crippen LogP contribution in [0.15, 0.2) is 57.9 Å². The number of benzene rings is 2. The molecule has 1 amide bonds. The maximum absolute atomic E-state index is 12.7. The Hall–Kier alpha value is -1.46. The number of ether oxygens (including phenoxy) is 1. The van der Waals surface area contributed by atoms with E-state index in [0.717, 1.165) is 28.0 Å². The van der Waals surface area contributed by atoms with Gasteiger partial charge in [-0.1, -0.05) is 31.2 Å². The third kappa shape index (κ3) is 3.90. The maximum atomic E-state index is 12.7. The first kappa shape index (κ1) is 16.4. The van der Waals surface area contributed by atoms with Crippen LogP contribution in [0.3, 0.4) is 0 Å². The SMILES string of the molecule is CC1CCN(C(=O)COc2ccccc2Br)c2ccccc2S1. The molecule has 0 aliphatic carbocycles. The number of hydrogen-bond acceptors (Lipinski definition) is 3. The van der Waals surface area contributed by atoms with Crippen molar-refractivity contribution in [3.63, 3.8) is 0 Å². The van der Waals surface area contributed by atoms with Gasteiger partial charge in [-0.15, -0.1) is 11.8 Å². The Morgan fingerprint density at radius 1 is 1.26 bits per heavy atom. The minimum absolute atomic E-state index is 0.0112. The average Bonchev–Trinajstić information content (AvgIpc) is 2.72. The third-order valence-electron chi connectivity index (χ3n) is 3.73. The molecule has 1 aliphatic heterocycles. The van der Waals surface area contributed by atoms with Crippen LogP contribution >= 0.6 is 27.7 Å². The second kappa shape index (κ2) is 7.41. The summed E-state index contributed by atoms with van der Waals surface area (Å²) in [4.78, 5) is 15.7. The number of nitrogens with zero attached hydrogens (tertiary/aromatic N) is 1. The van der Waals surface area contributed by atoms with Crippen molar-refractivity contribution in [1.82, 2.24) is 0 Å². The third-order valence-corrected chi connectivity index (χ3v) is 5.62. The number of anilines is 1. The lowest BCUT2D eigenvalue weighted by molar-refractivity contribution is -0.120. The van der Waals surface area contributed by atoms with E-state index in [9.17, 15) is 4.79 Å². The van der Waals surface area contributed by atoms with Gasteiger partial charge in [-0.2, -0.15) is 0 Å². The number of hydrogen-bond donors (Lipinski definition) is 0. The summed E-state index contributed by atoms with van der Waals surface area (Å²) in [5, 5.41) is 0.498. The molecular formula is C18H18BrNO2S. The van der Waals surface area contributed by atoms with Gasteiger partial charge in [-0.3, -0.25) is 4.79 Å². The number of carbonyl (C=O) groups excluding carboxylic acids is 1. The van der Waals surface area contributed by atoms with E-state index in [1.54, 1.807) is 0 Å². The van der Waals surface area contributed by atoms with Gasteiger partial charge in [0.2, 0.25) is 0 Å². The van der Waals surface area contributed by atoms with E-state index in [1.807, 2.05) is 59.1 Å². The lowest BCUT2D eigenvalue weighted by atomic mass is 10.2. The number of para-hydroxylation sites is 2. The first-order chi connectivity index (χ1) is 11.1. The Morgan fingerprint density at radius 3 is 2.83 bits per heavy atom. The van der Waals surface area contributed by atoms with Crippen LogP contribution in [0.2, 0.25) is 0 Å². The lowest BCUT2D eigenvalue weighted by Gasteiger charge is -2.22. The van der Waals surface area contributed by atoms with Crippen molar-refractivity contribution in [2.75, 3.05) is 18.1 Å². The molecule has 3 nitrogen and oxygen atoms in total. The molecule has 5 heteroatoms. The van der Waals surface area contributed by atoms with Crippen LogP contribution < -0.4 is 9.64 Å². The van der Waals surface area contributed by atoms with Crippen LogP contribution in [-0.2, 0) is 4.79 Å². The van der Waals surface area contributed by atoms with Crippen LogP contribution in [0.1, 0.15) is 13.3 Å². The molecular weight excluding hydrogens is 374 g/mol. The van der Waals surface area contributed by atoms with Gasteiger partial charge in [0.05, 0.1) is 10.2 Å². The highest BCUT2D eigenvalue weighted by atomic mass is 79.9. The fourth-order valence-corrected chi connectivity index (χ4v) is 4.04. The fourth-order valence-electron chi connectivity index (χ4n) is 2.53. The van der Waals surface area contributed by atoms with Gasteiger partial charge in [-0.05, 0) is 46.6 Å². The van der Waals surface area contributed by atoms with Gasteiger partial charge in [0.15, 0.2) is 6.61 Å². The Bertz CT molecular complexity index is 707. The number of carbonyl (C=O) groups is 1. The molecule has 1 aliphatic rings. The van der Waals surface area contributed by atoms with Crippen molar-refractivity contribution in [3.05, 3.63) is 53.0 Å². The van der Waals surface area contributed by atoms with Crippen LogP contribution in [0.5, 0.6) is 5.75 Å². The molecule has 0 bridgehead atoms. The summed E-state index contributed by atoms with van der Waals surface area (Å²) >= 11 is 5.26. The van der Waals surface area contributed by atoms with Crippen molar-refractivity contribution < 1.29 is 9.53 Å². The number of rotatable bonds is 3. The topological polar surface area (TPSA) is 29.5 Å². The van der Waals surface area contributed by atoms with Crippen LogP contribution in [0.4, 0.5) is 5.69 Å². The Balaban J connectivity index is 1.75. The first-order valence-corrected chi connectivity index (χ1v) is 9.26. The molecule has 0 aromatic heterocycles.